The van der Waals surface area contributed by atoms with Crippen LogP contribution in [-0.4, -0.2) is 20.6 Å². The van der Waals surface area contributed by atoms with Crippen LogP contribution >= 0.6 is 0 Å². The van der Waals surface area contributed by atoms with E-state index in [2.05, 4.69) is 4.98 Å². The van der Waals surface area contributed by atoms with E-state index in [9.17, 15) is 9.90 Å². The highest BCUT2D eigenvalue weighted by molar-refractivity contribution is 5.84. The van der Waals surface area contributed by atoms with Gasteiger partial charge in [0.25, 0.3) is 0 Å². The van der Waals surface area contributed by atoms with E-state index in [-0.39, 0.29) is 0 Å². The Morgan fingerprint density at radius 1 is 1.23 bits per heavy atom. The molecule has 0 saturated carbocycles. The van der Waals surface area contributed by atoms with Crippen molar-refractivity contribution in [1.29, 1.82) is 0 Å². The summed E-state index contributed by atoms with van der Waals surface area (Å²) >= 11 is 0. The molecule has 0 saturated heterocycles. The molecule has 22 heavy (non-hydrogen) atoms. The molecule has 1 N–H and O–H groups in total. The van der Waals surface area contributed by atoms with Gasteiger partial charge in [0.2, 0.25) is 0 Å². The lowest BCUT2D eigenvalue weighted by atomic mass is 10.1. The fraction of sp³-hybridized carbons (Fsp3) is 0.222. The van der Waals surface area contributed by atoms with Crippen molar-refractivity contribution >= 4 is 17.0 Å². The van der Waals surface area contributed by atoms with Gasteiger partial charge in [-0.1, -0.05) is 42.8 Å². The van der Waals surface area contributed by atoms with Crippen LogP contribution < -0.4 is 0 Å². The molecule has 3 aromatic rings. The summed E-state index contributed by atoms with van der Waals surface area (Å²) in [5.74, 6) is -0.126. The van der Waals surface area contributed by atoms with Gasteiger partial charge in [0.1, 0.15) is 11.9 Å². The molecule has 1 unspecified atom stereocenters. The van der Waals surface area contributed by atoms with Crippen LogP contribution in [0, 0.1) is 6.92 Å². The van der Waals surface area contributed by atoms with E-state index in [0.29, 0.717) is 12.2 Å². The Morgan fingerprint density at radius 2 is 2.00 bits per heavy atom. The highest BCUT2D eigenvalue weighted by Crippen LogP contribution is 2.30. The molecule has 4 nitrogen and oxygen atoms in total. The normalized spacial score (nSPS) is 12.5. The predicted octanol–water partition coefficient (Wildman–Crippen LogP) is 4.05. The van der Waals surface area contributed by atoms with Crippen molar-refractivity contribution in [2.24, 2.45) is 0 Å². The van der Waals surface area contributed by atoms with Crippen molar-refractivity contribution in [3.63, 3.8) is 0 Å². The first-order chi connectivity index (χ1) is 10.6. The van der Waals surface area contributed by atoms with E-state index in [4.69, 9.17) is 0 Å². The summed E-state index contributed by atoms with van der Waals surface area (Å²) in [7, 11) is 0. The van der Waals surface area contributed by atoms with Crippen LogP contribution in [0.1, 0.15) is 24.9 Å². The van der Waals surface area contributed by atoms with Gasteiger partial charge in [-0.25, -0.2) is 9.78 Å². The summed E-state index contributed by atoms with van der Waals surface area (Å²) in [5.41, 5.74) is 3.74. The van der Waals surface area contributed by atoms with E-state index in [1.54, 1.807) is 0 Å². The number of aliphatic carboxylic acids is 1. The number of carbonyl (C=O) groups is 1. The van der Waals surface area contributed by atoms with Gasteiger partial charge in [-0.3, -0.25) is 0 Å². The zero-order valence-corrected chi connectivity index (χ0v) is 12.7. The minimum Gasteiger partial charge on any atom is -0.480 e. The number of carboxylic acid groups (broad SMARTS) is 1. The van der Waals surface area contributed by atoms with Crippen LogP contribution in [0.2, 0.25) is 0 Å². The van der Waals surface area contributed by atoms with E-state index in [0.717, 1.165) is 22.2 Å². The highest BCUT2D eigenvalue weighted by Gasteiger charge is 2.24. The summed E-state index contributed by atoms with van der Waals surface area (Å²) in [5, 5.41) is 9.58. The zero-order valence-electron chi connectivity index (χ0n) is 12.7. The number of hydrogen-bond acceptors (Lipinski definition) is 2. The highest BCUT2D eigenvalue weighted by atomic mass is 16.4. The Kier molecular flexibility index (Phi) is 3.67. The Morgan fingerprint density at radius 3 is 2.68 bits per heavy atom. The maximum Gasteiger partial charge on any atom is 0.326 e. The van der Waals surface area contributed by atoms with Crippen LogP contribution in [0.4, 0.5) is 0 Å². The molecule has 1 atom stereocenters. The number of imidazole rings is 1. The molecule has 1 heterocycles. The lowest BCUT2D eigenvalue weighted by Gasteiger charge is -2.16. The third-order valence-corrected chi connectivity index (χ3v) is 3.86. The van der Waals surface area contributed by atoms with Gasteiger partial charge >= 0.3 is 5.97 Å². The standard InChI is InChI=1S/C18H18N2O2/c1-3-15(18(21)22)20-16-10-5-4-9-14(16)19-17(20)13-8-6-7-12(2)11-13/h4-11,15H,3H2,1-2H3,(H,21,22). The first-order valence-electron chi connectivity index (χ1n) is 7.38. The fourth-order valence-electron chi connectivity index (χ4n) is 2.82. The van der Waals surface area contributed by atoms with Crippen LogP contribution in [0.25, 0.3) is 22.4 Å². The number of carboxylic acids is 1. The molecule has 0 spiro atoms. The summed E-state index contributed by atoms with van der Waals surface area (Å²) in [6, 6.07) is 15.0. The predicted molar refractivity (Wildman–Crippen MR) is 86.9 cm³/mol. The average molecular weight is 294 g/mol. The number of aryl methyl sites for hydroxylation is 1. The monoisotopic (exact) mass is 294 g/mol. The summed E-state index contributed by atoms with van der Waals surface area (Å²) in [4.78, 5) is 16.3. The average Bonchev–Trinajstić information content (AvgIpc) is 2.87. The van der Waals surface area contributed by atoms with E-state index in [1.807, 2.05) is 66.9 Å². The fourth-order valence-corrected chi connectivity index (χ4v) is 2.82. The zero-order chi connectivity index (χ0) is 15.7. The second-order valence-corrected chi connectivity index (χ2v) is 5.43. The maximum atomic E-state index is 11.7. The second-order valence-electron chi connectivity index (χ2n) is 5.43. The Hall–Kier alpha value is -2.62. The molecular weight excluding hydrogens is 276 g/mol. The number of fused-ring (bicyclic) bond motifs is 1. The van der Waals surface area contributed by atoms with Crippen molar-refractivity contribution in [3.8, 4) is 11.4 Å². The minimum atomic E-state index is -0.834. The van der Waals surface area contributed by atoms with Gasteiger partial charge in [0, 0.05) is 5.56 Å². The number of benzene rings is 2. The number of para-hydroxylation sites is 2. The van der Waals surface area contributed by atoms with Gasteiger partial charge in [0.15, 0.2) is 0 Å². The third-order valence-electron chi connectivity index (χ3n) is 3.86. The van der Waals surface area contributed by atoms with Crippen molar-refractivity contribution in [2.75, 3.05) is 0 Å². The molecule has 0 radical (unpaired) electrons. The minimum absolute atomic E-state index is 0.508. The molecule has 0 fully saturated rings. The van der Waals surface area contributed by atoms with Gasteiger partial charge < -0.3 is 9.67 Å². The number of aromatic nitrogens is 2. The summed E-state index contributed by atoms with van der Waals surface area (Å²) in [6.07, 6.45) is 0.508. The van der Waals surface area contributed by atoms with Gasteiger partial charge in [-0.2, -0.15) is 0 Å². The quantitative estimate of drug-likeness (QED) is 0.790. The largest absolute Gasteiger partial charge is 0.480 e. The molecule has 4 heteroatoms. The lowest BCUT2D eigenvalue weighted by molar-refractivity contribution is -0.140. The van der Waals surface area contributed by atoms with Crippen molar-refractivity contribution in [3.05, 3.63) is 54.1 Å². The molecule has 0 aliphatic heterocycles. The molecule has 112 valence electrons. The molecular formula is C18H18N2O2. The van der Waals surface area contributed by atoms with Crippen molar-refractivity contribution in [1.82, 2.24) is 9.55 Å². The topological polar surface area (TPSA) is 55.1 Å². The SMILES string of the molecule is CCC(C(=O)O)n1c(-c2cccc(C)c2)nc2ccccc21. The van der Waals surface area contributed by atoms with Crippen LogP contribution in [0.3, 0.4) is 0 Å². The van der Waals surface area contributed by atoms with Gasteiger partial charge in [-0.15, -0.1) is 0 Å². The van der Waals surface area contributed by atoms with E-state index in [1.165, 1.54) is 0 Å². The van der Waals surface area contributed by atoms with Crippen molar-refractivity contribution in [2.45, 2.75) is 26.3 Å². The molecule has 2 aromatic carbocycles. The van der Waals surface area contributed by atoms with Crippen LogP contribution in [0.15, 0.2) is 48.5 Å². The maximum absolute atomic E-state index is 11.7. The lowest BCUT2D eigenvalue weighted by Crippen LogP contribution is -2.19. The third kappa shape index (κ3) is 2.37. The second kappa shape index (κ2) is 5.64. The Balaban J connectivity index is 2.31. The molecule has 0 aliphatic carbocycles. The summed E-state index contributed by atoms with van der Waals surface area (Å²) in [6.45, 7) is 3.90. The Labute approximate surface area is 129 Å². The van der Waals surface area contributed by atoms with Crippen LogP contribution in [-0.2, 0) is 4.79 Å². The van der Waals surface area contributed by atoms with Crippen LogP contribution in [0.5, 0.6) is 0 Å². The smallest absolute Gasteiger partial charge is 0.326 e. The number of nitrogens with zero attached hydrogens (tertiary/aromatic N) is 2. The molecule has 0 aliphatic rings. The molecule has 0 amide bonds. The number of rotatable bonds is 4. The van der Waals surface area contributed by atoms with Gasteiger partial charge in [-0.05, 0) is 31.5 Å². The molecule has 0 bridgehead atoms. The number of hydrogen-bond donors (Lipinski definition) is 1. The van der Waals surface area contributed by atoms with E-state index >= 15 is 0 Å². The van der Waals surface area contributed by atoms with E-state index < -0.39 is 12.0 Å². The van der Waals surface area contributed by atoms with Gasteiger partial charge in [0.05, 0.1) is 11.0 Å². The first kappa shape index (κ1) is 14.3. The first-order valence-corrected chi connectivity index (χ1v) is 7.38. The summed E-state index contributed by atoms with van der Waals surface area (Å²) < 4.78 is 1.84. The Bertz CT molecular complexity index is 836. The molecule has 3 rings (SSSR count). The molecule has 1 aromatic heterocycles. The van der Waals surface area contributed by atoms with Crippen molar-refractivity contribution < 1.29 is 9.90 Å².